The van der Waals surface area contributed by atoms with Crippen LogP contribution in [0.4, 0.5) is 0 Å². The fourth-order valence-corrected chi connectivity index (χ4v) is 1.55. The second-order valence-electron chi connectivity index (χ2n) is 5.68. The number of carbonyl (C=O) groups excluding carboxylic acids is 1. The van der Waals surface area contributed by atoms with Gasteiger partial charge in [0.25, 0.3) is 0 Å². The Hall–Kier alpha value is -0.770. The fourth-order valence-electron chi connectivity index (χ4n) is 1.55. The van der Waals surface area contributed by atoms with E-state index in [1.807, 2.05) is 13.8 Å². The number of hydrogen-bond donors (Lipinski definition) is 1. The molecule has 0 spiro atoms. The van der Waals surface area contributed by atoms with Crippen molar-refractivity contribution >= 4 is 5.97 Å². The minimum atomic E-state index is -0.226. The molecule has 0 amide bonds. The smallest absolute Gasteiger partial charge is 0.308 e. The maximum absolute atomic E-state index is 11.3. The third kappa shape index (κ3) is 21.2. The van der Waals surface area contributed by atoms with Gasteiger partial charge in [0.05, 0.1) is 79.1 Å². The van der Waals surface area contributed by atoms with E-state index in [1.54, 1.807) is 0 Å². The maximum atomic E-state index is 11.3. The van der Waals surface area contributed by atoms with Gasteiger partial charge in [-0.3, -0.25) is 4.79 Å². The van der Waals surface area contributed by atoms with Gasteiger partial charge in [0, 0.05) is 6.54 Å². The summed E-state index contributed by atoms with van der Waals surface area (Å²) in [5.41, 5.74) is 5.29. The van der Waals surface area contributed by atoms with Gasteiger partial charge in [-0.15, -0.1) is 0 Å². The first-order valence-electron chi connectivity index (χ1n) is 8.91. The molecule has 150 valence electrons. The third-order valence-corrected chi connectivity index (χ3v) is 2.78. The van der Waals surface area contributed by atoms with E-state index in [0.717, 1.165) is 0 Å². The summed E-state index contributed by atoms with van der Waals surface area (Å²) in [6, 6.07) is 0. The SMILES string of the molecule is CC(C)COC(=O)CCOCCOCCOCCOCCOCCN. The van der Waals surface area contributed by atoms with Crippen LogP contribution in [0, 0.1) is 5.92 Å². The van der Waals surface area contributed by atoms with Gasteiger partial charge in [0.1, 0.15) is 0 Å². The molecule has 25 heavy (non-hydrogen) atoms. The minimum Gasteiger partial charge on any atom is -0.465 e. The Morgan fingerprint density at radius 3 is 1.52 bits per heavy atom. The van der Waals surface area contributed by atoms with E-state index in [0.29, 0.717) is 85.1 Å². The molecule has 0 rings (SSSR count). The molecule has 0 unspecified atom stereocenters. The first-order chi connectivity index (χ1) is 12.2. The number of ether oxygens (including phenoxy) is 6. The molecule has 8 heteroatoms. The van der Waals surface area contributed by atoms with E-state index < -0.39 is 0 Å². The van der Waals surface area contributed by atoms with Crippen molar-refractivity contribution in [2.75, 3.05) is 79.2 Å². The first-order valence-corrected chi connectivity index (χ1v) is 8.91. The van der Waals surface area contributed by atoms with Crippen LogP contribution in [0.3, 0.4) is 0 Å². The molecule has 0 aromatic heterocycles. The topological polar surface area (TPSA) is 98.5 Å². The molecule has 0 aliphatic rings. The van der Waals surface area contributed by atoms with Crippen LogP contribution in [-0.2, 0) is 33.2 Å². The zero-order chi connectivity index (χ0) is 18.6. The Labute approximate surface area is 151 Å². The lowest BCUT2D eigenvalue weighted by atomic mass is 10.2. The molecule has 0 fully saturated rings. The van der Waals surface area contributed by atoms with Crippen molar-refractivity contribution in [3.8, 4) is 0 Å². The second kappa shape index (κ2) is 19.6. The highest BCUT2D eigenvalue weighted by atomic mass is 16.6. The highest BCUT2D eigenvalue weighted by Gasteiger charge is 2.04. The highest BCUT2D eigenvalue weighted by molar-refractivity contribution is 5.69. The monoisotopic (exact) mass is 365 g/mol. The Bertz CT molecular complexity index is 290. The number of hydrogen-bond acceptors (Lipinski definition) is 8. The Morgan fingerprint density at radius 1 is 0.720 bits per heavy atom. The van der Waals surface area contributed by atoms with Gasteiger partial charge < -0.3 is 34.2 Å². The van der Waals surface area contributed by atoms with Crippen LogP contribution in [0.1, 0.15) is 20.3 Å². The molecule has 0 atom stereocenters. The van der Waals surface area contributed by atoms with E-state index in [2.05, 4.69) is 0 Å². The average molecular weight is 365 g/mol. The fraction of sp³-hybridized carbons (Fsp3) is 0.941. The van der Waals surface area contributed by atoms with E-state index in [9.17, 15) is 4.79 Å². The molecule has 0 aliphatic heterocycles. The lowest BCUT2D eigenvalue weighted by Crippen LogP contribution is -2.15. The minimum absolute atomic E-state index is 0.226. The highest BCUT2D eigenvalue weighted by Crippen LogP contribution is 1.95. The first kappa shape index (κ1) is 24.2. The molecular formula is C17H35NO7. The molecule has 0 saturated heterocycles. The zero-order valence-corrected chi connectivity index (χ0v) is 15.7. The Kier molecular flexibility index (Phi) is 19.0. The van der Waals surface area contributed by atoms with Gasteiger partial charge in [0.2, 0.25) is 0 Å². The molecule has 0 aliphatic carbocycles. The van der Waals surface area contributed by atoms with Crippen LogP contribution < -0.4 is 5.73 Å². The number of esters is 1. The van der Waals surface area contributed by atoms with Gasteiger partial charge >= 0.3 is 5.97 Å². The van der Waals surface area contributed by atoms with Gasteiger partial charge in [-0.25, -0.2) is 0 Å². The van der Waals surface area contributed by atoms with Crippen LogP contribution in [0.25, 0.3) is 0 Å². The lowest BCUT2D eigenvalue weighted by molar-refractivity contribution is -0.146. The summed E-state index contributed by atoms with van der Waals surface area (Å²) in [5, 5.41) is 0. The molecule has 0 aromatic carbocycles. The van der Waals surface area contributed by atoms with Crippen molar-refractivity contribution < 1.29 is 33.2 Å². The van der Waals surface area contributed by atoms with Gasteiger partial charge in [-0.1, -0.05) is 13.8 Å². The largest absolute Gasteiger partial charge is 0.465 e. The molecular weight excluding hydrogens is 330 g/mol. The summed E-state index contributed by atoms with van der Waals surface area (Å²) in [5.74, 6) is 0.124. The average Bonchev–Trinajstić information content (AvgIpc) is 2.59. The predicted molar refractivity (Wildman–Crippen MR) is 93.6 cm³/mol. The maximum Gasteiger partial charge on any atom is 0.308 e. The number of rotatable bonds is 19. The molecule has 0 aromatic rings. The van der Waals surface area contributed by atoms with Crippen molar-refractivity contribution in [2.24, 2.45) is 11.7 Å². The summed E-state index contributed by atoms with van der Waals surface area (Å²) >= 11 is 0. The third-order valence-electron chi connectivity index (χ3n) is 2.78. The quantitative estimate of drug-likeness (QED) is 0.263. The van der Waals surface area contributed by atoms with Crippen LogP contribution in [-0.4, -0.2) is 85.2 Å². The van der Waals surface area contributed by atoms with E-state index in [-0.39, 0.29) is 12.4 Å². The van der Waals surface area contributed by atoms with E-state index in [1.165, 1.54) is 0 Å². The molecule has 0 heterocycles. The van der Waals surface area contributed by atoms with Crippen molar-refractivity contribution in [1.29, 1.82) is 0 Å². The van der Waals surface area contributed by atoms with Crippen LogP contribution >= 0.6 is 0 Å². The Balaban J connectivity index is 3.08. The van der Waals surface area contributed by atoms with Gasteiger partial charge in [-0.05, 0) is 5.92 Å². The van der Waals surface area contributed by atoms with Gasteiger partial charge in [0.15, 0.2) is 0 Å². The molecule has 0 bridgehead atoms. The van der Waals surface area contributed by atoms with Crippen molar-refractivity contribution in [2.45, 2.75) is 20.3 Å². The number of nitrogens with two attached hydrogens (primary N) is 1. The van der Waals surface area contributed by atoms with Gasteiger partial charge in [-0.2, -0.15) is 0 Å². The molecule has 0 radical (unpaired) electrons. The van der Waals surface area contributed by atoms with Crippen molar-refractivity contribution in [1.82, 2.24) is 0 Å². The second-order valence-corrected chi connectivity index (χ2v) is 5.68. The van der Waals surface area contributed by atoms with Crippen LogP contribution in [0.2, 0.25) is 0 Å². The van der Waals surface area contributed by atoms with E-state index >= 15 is 0 Å². The summed E-state index contributed by atoms with van der Waals surface area (Å²) in [6.45, 7) is 9.96. The lowest BCUT2D eigenvalue weighted by Gasteiger charge is -2.08. The van der Waals surface area contributed by atoms with Crippen LogP contribution in [0.15, 0.2) is 0 Å². The van der Waals surface area contributed by atoms with Crippen molar-refractivity contribution in [3.05, 3.63) is 0 Å². The summed E-state index contributed by atoms with van der Waals surface area (Å²) in [6.07, 6.45) is 0.271. The summed E-state index contributed by atoms with van der Waals surface area (Å²) in [7, 11) is 0. The number of carbonyl (C=O) groups is 1. The van der Waals surface area contributed by atoms with Crippen molar-refractivity contribution in [3.63, 3.8) is 0 Å². The van der Waals surface area contributed by atoms with E-state index in [4.69, 9.17) is 34.2 Å². The predicted octanol–water partition coefficient (Wildman–Crippen LogP) is 0.617. The Morgan fingerprint density at radius 2 is 1.12 bits per heavy atom. The molecule has 8 nitrogen and oxygen atoms in total. The standard InChI is InChI=1S/C17H35NO7/c1-16(2)15-25-17(19)3-5-20-7-9-22-11-13-24-14-12-23-10-8-21-6-4-18/h16H,3-15,18H2,1-2H3. The molecule has 2 N–H and O–H groups in total. The normalized spacial score (nSPS) is 11.2. The summed E-state index contributed by atoms with van der Waals surface area (Å²) in [4.78, 5) is 11.3. The zero-order valence-electron chi connectivity index (χ0n) is 15.7. The summed E-state index contributed by atoms with van der Waals surface area (Å²) < 4.78 is 31.5. The van der Waals surface area contributed by atoms with Crippen LogP contribution in [0.5, 0.6) is 0 Å². The molecule has 0 saturated carbocycles.